The Hall–Kier alpha value is -0.0631. The summed E-state index contributed by atoms with van der Waals surface area (Å²) in [5.74, 6) is 0. The van der Waals surface area contributed by atoms with Crippen molar-refractivity contribution in [3.8, 4) is 0 Å². The van der Waals surface area contributed by atoms with Crippen LogP contribution in [0.15, 0.2) is 0 Å². The summed E-state index contributed by atoms with van der Waals surface area (Å²) in [6.07, 6.45) is 3.37. The van der Waals surface area contributed by atoms with E-state index in [1.54, 1.807) is 7.11 Å². The number of hydrogen-bond acceptors (Lipinski definition) is 7. The Morgan fingerprint density at radius 2 is 1.42 bits per heavy atom. The zero-order valence-electron chi connectivity index (χ0n) is 16.8. The molecule has 0 aliphatic carbocycles. The van der Waals surface area contributed by atoms with E-state index < -0.39 is 8.80 Å². The number of unbranched alkanes of at least 4 members (excludes halogenated alkanes) is 1. The molecule has 26 heavy (non-hydrogen) atoms. The van der Waals surface area contributed by atoms with Crippen LogP contribution in [-0.2, 0) is 32.2 Å². The monoisotopic (exact) mass is 392 g/mol. The van der Waals surface area contributed by atoms with Gasteiger partial charge in [0.25, 0.3) is 0 Å². The van der Waals surface area contributed by atoms with Crippen LogP contribution in [0.25, 0.3) is 0 Å². The molecule has 0 amide bonds. The first-order valence-electron chi connectivity index (χ1n) is 9.70. The van der Waals surface area contributed by atoms with Gasteiger partial charge in [-0.05, 0) is 40.0 Å². The summed E-state index contributed by atoms with van der Waals surface area (Å²) < 4.78 is 39.6. The van der Waals surface area contributed by atoms with E-state index in [9.17, 15) is 0 Å². The molecule has 2 aliphatic rings. The van der Waals surface area contributed by atoms with Crippen molar-refractivity contribution in [2.75, 3.05) is 53.4 Å². The second-order valence-corrected chi connectivity index (χ2v) is 10.6. The molecule has 7 nitrogen and oxygen atoms in total. The molecular formula is C18H36O7Si. The van der Waals surface area contributed by atoms with Crippen LogP contribution in [0, 0.1) is 0 Å². The van der Waals surface area contributed by atoms with Gasteiger partial charge in [-0.15, -0.1) is 0 Å². The van der Waals surface area contributed by atoms with Crippen LogP contribution in [0.1, 0.15) is 40.0 Å². The summed E-state index contributed by atoms with van der Waals surface area (Å²) in [5.41, 5.74) is -0.307. The highest BCUT2D eigenvalue weighted by atomic mass is 28.4. The fourth-order valence-corrected chi connectivity index (χ4v) is 5.18. The molecule has 2 heterocycles. The Bertz CT molecular complexity index is 382. The third-order valence-corrected chi connectivity index (χ3v) is 7.12. The minimum absolute atomic E-state index is 0.301. The van der Waals surface area contributed by atoms with Crippen LogP contribution in [0.2, 0.25) is 6.04 Å². The topological polar surface area (TPSA) is 71.2 Å². The van der Waals surface area contributed by atoms with E-state index in [2.05, 4.69) is 0 Å². The van der Waals surface area contributed by atoms with Gasteiger partial charge in [0.05, 0.1) is 32.0 Å². The second kappa shape index (κ2) is 11.1. The summed E-state index contributed by atoms with van der Waals surface area (Å²) >= 11 is 0. The SMILES string of the molecule is CO[Si](CCCOCC1CO1)(OCCCCOCC1CO1)OC(C)(C)C. The molecule has 2 fully saturated rings. The van der Waals surface area contributed by atoms with Crippen molar-refractivity contribution < 1.29 is 32.2 Å². The van der Waals surface area contributed by atoms with Crippen LogP contribution in [0.4, 0.5) is 0 Å². The van der Waals surface area contributed by atoms with Crippen LogP contribution >= 0.6 is 0 Å². The van der Waals surface area contributed by atoms with E-state index in [1.807, 2.05) is 20.8 Å². The molecule has 0 radical (unpaired) electrons. The molecule has 8 heteroatoms. The van der Waals surface area contributed by atoms with E-state index in [0.29, 0.717) is 38.6 Å². The van der Waals surface area contributed by atoms with E-state index in [-0.39, 0.29) is 5.60 Å². The summed E-state index contributed by atoms with van der Waals surface area (Å²) in [4.78, 5) is 0. The smallest absolute Gasteiger partial charge is 0.379 e. The van der Waals surface area contributed by atoms with E-state index in [1.165, 1.54) is 0 Å². The summed E-state index contributed by atoms with van der Waals surface area (Å²) in [7, 11) is -1.02. The highest BCUT2D eigenvalue weighted by Gasteiger charge is 2.43. The molecule has 0 spiro atoms. The van der Waals surface area contributed by atoms with Gasteiger partial charge in [0.1, 0.15) is 12.2 Å². The standard InChI is InChI=1S/C18H36O7Si/c1-18(2,3)25-26(19-4,11-7-9-21-13-17-15-23-17)24-10-6-5-8-20-12-16-14-22-16/h16-17H,5-15H2,1-4H3. The zero-order valence-corrected chi connectivity index (χ0v) is 17.8. The second-order valence-electron chi connectivity index (χ2n) is 7.82. The van der Waals surface area contributed by atoms with Gasteiger partial charge < -0.3 is 32.2 Å². The fourth-order valence-electron chi connectivity index (χ4n) is 2.50. The molecule has 0 N–H and O–H groups in total. The maximum Gasteiger partial charge on any atom is 0.501 e. The average Bonchev–Trinajstić information content (AvgIpc) is 3.46. The normalized spacial score (nSPS) is 24.5. The number of rotatable bonds is 16. The van der Waals surface area contributed by atoms with E-state index in [4.69, 9.17) is 32.2 Å². The molecular weight excluding hydrogens is 356 g/mol. The van der Waals surface area contributed by atoms with Crippen molar-refractivity contribution in [3.05, 3.63) is 0 Å². The van der Waals surface area contributed by atoms with Gasteiger partial charge in [0.15, 0.2) is 0 Å². The van der Waals surface area contributed by atoms with Gasteiger partial charge in [-0.2, -0.15) is 0 Å². The van der Waals surface area contributed by atoms with Gasteiger partial charge in [-0.25, -0.2) is 0 Å². The molecule has 0 bridgehead atoms. The predicted octanol–water partition coefficient (Wildman–Crippen LogP) is 2.40. The van der Waals surface area contributed by atoms with Crippen LogP contribution in [-0.4, -0.2) is 80.0 Å². The molecule has 0 aromatic heterocycles. The van der Waals surface area contributed by atoms with Crippen molar-refractivity contribution in [2.45, 2.75) is 63.9 Å². The Balaban J connectivity index is 1.63. The maximum absolute atomic E-state index is 6.25. The minimum atomic E-state index is -2.71. The van der Waals surface area contributed by atoms with Crippen LogP contribution in [0.3, 0.4) is 0 Å². The van der Waals surface area contributed by atoms with Gasteiger partial charge >= 0.3 is 8.80 Å². The molecule has 2 rings (SSSR count). The predicted molar refractivity (Wildman–Crippen MR) is 99.3 cm³/mol. The lowest BCUT2D eigenvalue weighted by atomic mass is 10.2. The minimum Gasteiger partial charge on any atom is -0.379 e. The Labute approximate surface area is 158 Å². The summed E-state index contributed by atoms with van der Waals surface area (Å²) in [6, 6.07) is 0.752. The average molecular weight is 393 g/mol. The molecule has 0 saturated carbocycles. The largest absolute Gasteiger partial charge is 0.501 e. The van der Waals surface area contributed by atoms with Crippen molar-refractivity contribution in [3.63, 3.8) is 0 Å². The van der Waals surface area contributed by atoms with Gasteiger partial charge in [-0.3, -0.25) is 0 Å². The van der Waals surface area contributed by atoms with E-state index in [0.717, 1.165) is 45.1 Å². The third-order valence-electron chi connectivity index (χ3n) is 3.96. The molecule has 3 unspecified atom stereocenters. The molecule has 0 aromatic carbocycles. The van der Waals surface area contributed by atoms with Gasteiger partial charge in [-0.1, -0.05) is 0 Å². The summed E-state index contributed by atoms with van der Waals surface area (Å²) in [5, 5.41) is 0. The highest BCUT2D eigenvalue weighted by Crippen LogP contribution is 2.24. The number of ether oxygens (including phenoxy) is 4. The quantitative estimate of drug-likeness (QED) is 0.227. The van der Waals surface area contributed by atoms with Crippen molar-refractivity contribution in [2.24, 2.45) is 0 Å². The summed E-state index contributed by atoms with van der Waals surface area (Å²) in [6.45, 7) is 11.2. The van der Waals surface area contributed by atoms with Crippen LogP contribution < -0.4 is 0 Å². The van der Waals surface area contributed by atoms with Crippen molar-refractivity contribution in [1.29, 1.82) is 0 Å². The first-order valence-corrected chi connectivity index (χ1v) is 11.6. The first kappa shape index (κ1) is 22.2. The lowest BCUT2D eigenvalue weighted by Gasteiger charge is -2.34. The molecule has 2 aliphatic heterocycles. The van der Waals surface area contributed by atoms with E-state index >= 15 is 0 Å². The molecule has 2 saturated heterocycles. The van der Waals surface area contributed by atoms with Crippen molar-refractivity contribution >= 4 is 8.80 Å². The first-order chi connectivity index (χ1) is 12.4. The molecule has 154 valence electrons. The fraction of sp³-hybridized carbons (Fsp3) is 1.00. The lowest BCUT2D eigenvalue weighted by molar-refractivity contribution is 0.00195. The van der Waals surface area contributed by atoms with Gasteiger partial charge in [0.2, 0.25) is 0 Å². The number of epoxide rings is 2. The lowest BCUT2D eigenvalue weighted by Crippen LogP contribution is -2.50. The van der Waals surface area contributed by atoms with Crippen molar-refractivity contribution in [1.82, 2.24) is 0 Å². The molecule has 3 atom stereocenters. The Morgan fingerprint density at radius 1 is 0.885 bits per heavy atom. The third kappa shape index (κ3) is 10.3. The molecule has 0 aromatic rings. The van der Waals surface area contributed by atoms with Gasteiger partial charge in [0, 0.05) is 33.0 Å². The Kier molecular flexibility index (Phi) is 9.46. The highest BCUT2D eigenvalue weighted by molar-refractivity contribution is 6.60. The zero-order chi connectivity index (χ0) is 18.9. The number of hydrogen-bond donors (Lipinski definition) is 0. The van der Waals surface area contributed by atoms with Crippen LogP contribution in [0.5, 0.6) is 0 Å². The Morgan fingerprint density at radius 3 is 1.92 bits per heavy atom. The maximum atomic E-state index is 6.25.